The van der Waals surface area contributed by atoms with E-state index in [0.717, 1.165) is 34.1 Å². The van der Waals surface area contributed by atoms with E-state index in [4.69, 9.17) is 14.6 Å². The summed E-state index contributed by atoms with van der Waals surface area (Å²) >= 11 is 3.64. The number of benzene rings is 3. The summed E-state index contributed by atoms with van der Waals surface area (Å²) < 4.78 is 35.5. The summed E-state index contributed by atoms with van der Waals surface area (Å²) in [6.45, 7) is 6.42. The molecule has 3 rings (SSSR count). The quantitative estimate of drug-likeness (QED) is 0.349. The number of halogens is 1. The molecule has 3 aromatic carbocycles. The van der Waals surface area contributed by atoms with Crippen LogP contribution < -0.4 is 19.9 Å². The van der Waals surface area contributed by atoms with Gasteiger partial charge in [0, 0.05) is 6.54 Å². The summed E-state index contributed by atoms with van der Waals surface area (Å²) in [6.07, 6.45) is 0.766. The minimum atomic E-state index is -3.66. The molecule has 0 atom stereocenters. The van der Waals surface area contributed by atoms with Gasteiger partial charge in [-0.3, -0.25) is 0 Å². The molecule has 3 aromatic rings. The smallest absolute Gasteiger partial charge is 0.238 e. The van der Waals surface area contributed by atoms with E-state index < -0.39 is 10.0 Å². The molecule has 6 nitrogen and oxygen atoms in total. The number of rotatable bonds is 11. The molecule has 0 aliphatic carbocycles. The molecule has 0 bridgehead atoms. The molecule has 0 radical (unpaired) electrons. The maximum absolute atomic E-state index is 11.4. The van der Waals surface area contributed by atoms with Crippen LogP contribution in [0.1, 0.15) is 29.2 Å². The van der Waals surface area contributed by atoms with Crippen molar-refractivity contribution in [2.24, 2.45) is 5.14 Å². The van der Waals surface area contributed by atoms with Crippen molar-refractivity contribution < 1.29 is 17.9 Å². The first kappa shape index (κ1) is 25.2. The molecule has 0 aliphatic heterocycles. The second kappa shape index (κ2) is 11.7. The summed E-state index contributed by atoms with van der Waals surface area (Å²) in [4.78, 5) is 0.122. The molecule has 8 heteroatoms. The Morgan fingerprint density at radius 2 is 1.73 bits per heavy atom. The van der Waals surface area contributed by atoms with Crippen LogP contribution in [-0.2, 0) is 29.6 Å². The molecule has 0 spiro atoms. The molecule has 33 heavy (non-hydrogen) atoms. The molecular weight excluding hydrogens is 504 g/mol. The maximum atomic E-state index is 11.4. The van der Waals surface area contributed by atoms with Crippen molar-refractivity contribution in [1.29, 1.82) is 0 Å². The van der Waals surface area contributed by atoms with Crippen molar-refractivity contribution in [1.82, 2.24) is 5.32 Å². The Kier molecular flexibility index (Phi) is 8.91. The summed E-state index contributed by atoms with van der Waals surface area (Å²) in [6, 6.07) is 18.8. The third-order valence-electron chi connectivity index (χ3n) is 5.17. The van der Waals surface area contributed by atoms with Crippen LogP contribution in [0.2, 0.25) is 0 Å². The number of nitrogens with one attached hydrogen (secondary N) is 1. The lowest BCUT2D eigenvalue weighted by atomic mass is 10.1. The predicted octanol–water partition coefficient (Wildman–Crippen LogP) is 4.71. The van der Waals surface area contributed by atoms with Gasteiger partial charge >= 0.3 is 0 Å². The Balaban J connectivity index is 1.60. The largest absolute Gasteiger partial charge is 0.490 e. The van der Waals surface area contributed by atoms with Crippen molar-refractivity contribution >= 4 is 26.0 Å². The van der Waals surface area contributed by atoms with E-state index in [1.54, 1.807) is 12.1 Å². The highest BCUT2D eigenvalue weighted by Gasteiger charge is 2.13. The minimum absolute atomic E-state index is 0.122. The number of ether oxygens (including phenoxy) is 2. The van der Waals surface area contributed by atoms with Gasteiger partial charge in [0.2, 0.25) is 10.0 Å². The zero-order valence-corrected chi connectivity index (χ0v) is 21.2. The third-order valence-corrected chi connectivity index (χ3v) is 6.69. The maximum Gasteiger partial charge on any atom is 0.238 e. The first-order valence-corrected chi connectivity index (χ1v) is 13.1. The van der Waals surface area contributed by atoms with Crippen LogP contribution in [0.25, 0.3) is 0 Å². The summed E-state index contributed by atoms with van der Waals surface area (Å²) in [7, 11) is -3.66. The van der Waals surface area contributed by atoms with Crippen molar-refractivity contribution in [2.45, 2.75) is 38.3 Å². The highest BCUT2D eigenvalue weighted by atomic mass is 79.9. The lowest BCUT2D eigenvalue weighted by molar-refractivity contribution is 0.267. The van der Waals surface area contributed by atoms with Gasteiger partial charge in [-0.15, -0.1) is 0 Å². The molecule has 0 fully saturated rings. The Labute approximate surface area is 204 Å². The SMILES string of the molecule is CCOc1cc(CNCCc2ccc(S(N)(=O)=O)cc2)cc(Br)c1OCc1ccccc1C. The third kappa shape index (κ3) is 7.30. The zero-order valence-electron chi connectivity index (χ0n) is 18.8. The van der Waals surface area contributed by atoms with E-state index in [2.05, 4.69) is 40.3 Å². The molecule has 0 heterocycles. The van der Waals surface area contributed by atoms with Gasteiger partial charge < -0.3 is 14.8 Å². The van der Waals surface area contributed by atoms with Crippen molar-refractivity contribution in [3.8, 4) is 11.5 Å². The molecule has 3 N–H and O–H groups in total. The van der Waals surface area contributed by atoms with Crippen molar-refractivity contribution in [3.63, 3.8) is 0 Å². The number of nitrogens with two attached hydrogens (primary N) is 1. The topological polar surface area (TPSA) is 90.6 Å². The van der Waals surface area contributed by atoms with Crippen LogP contribution in [0.5, 0.6) is 11.5 Å². The van der Waals surface area contributed by atoms with Gasteiger partial charge in [0.25, 0.3) is 0 Å². The van der Waals surface area contributed by atoms with Crippen LogP contribution in [-0.4, -0.2) is 21.6 Å². The van der Waals surface area contributed by atoms with Gasteiger partial charge in [-0.25, -0.2) is 13.6 Å². The second-order valence-electron chi connectivity index (χ2n) is 7.67. The van der Waals surface area contributed by atoms with E-state index in [-0.39, 0.29) is 4.90 Å². The number of hydrogen-bond acceptors (Lipinski definition) is 5. The number of sulfonamides is 1. The lowest BCUT2D eigenvalue weighted by Gasteiger charge is -2.16. The fraction of sp³-hybridized carbons (Fsp3) is 0.280. The van der Waals surface area contributed by atoms with Crippen LogP contribution in [0, 0.1) is 6.92 Å². The summed E-state index contributed by atoms with van der Waals surface area (Å²) in [5.41, 5.74) is 4.42. The van der Waals surface area contributed by atoms with E-state index >= 15 is 0 Å². The van der Waals surface area contributed by atoms with Crippen molar-refractivity contribution in [3.05, 3.63) is 87.4 Å². The van der Waals surface area contributed by atoms with E-state index in [1.807, 2.05) is 31.2 Å². The molecule has 0 amide bonds. The molecule has 0 saturated heterocycles. The van der Waals surface area contributed by atoms with Crippen LogP contribution in [0.4, 0.5) is 0 Å². The van der Waals surface area contributed by atoms with E-state index in [9.17, 15) is 8.42 Å². The average molecular weight is 533 g/mol. The van der Waals surface area contributed by atoms with Gasteiger partial charge in [0.15, 0.2) is 11.5 Å². The minimum Gasteiger partial charge on any atom is -0.490 e. The Morgan fingerprint density at radius 3 is 2.39 bits per heavy atom. The monoisotopic (exact) mass is 532 g/mol. The Hall–Kier alpha value is -2.39. The molecule has 176 valence electrons. The van der Waals surface area contributed by atoms with Crippen LogP contribution in [0.3, 0.4) is 0 Å². The van der Waals surface area contributed by atoms with Crippen molar-refractivity contribution in [2.75, 3.05) is 13.2 Å². The number of hydrogen-bond donors (Lipinski definition) is 2. The zero-order chi connectivity index (χ0) is 23.8. The lowest BCUT2D eigenvalue weighted by Crippen LogP contribution is -2.17. The first-order valence-electron chi connectivity index (χ1n) is 10.7. The van der Waals surface area contributed by atoms with Gasteiger partial charge in [-0.05, 0) is 89.3 Å². The first-order chi connectivity index (χ1) is 15.8. The number of aryl methyl sites for hydroxylation is 1. The van der Waals surface area contributed by atoms with Gasteiger partial charge in [-0.1, -0.05) is 36.4 Å². The number of primary sulfonamides is 1. The molecule has 0 saturated carbocycles. The normalized spacial score (nSPS) is 11.4. The second-order valence-corrected chi connectivity index (χ2v) is 10.1. The van der Waals surface area contributed by atoms with E-state index in [1.165, 1.54) is 17.7 Å². The molecule has 0 unspecified atom stereocenters. The average Bonchev–Trinajstić information content (AvgIpc) is 2.77. The fourth-order valence-electron chi connectivity index (χ4n) is 3.36. The standard InChI is InChI=1S/C25H29BrN2O4S/c1-3-31-24-15-20(14-23(26)25(24)32-17-21-7-5-4-6-18(21)2)16-28-13-12-19-8-10-22(11-9-19)33(27,29)30/h4-11,14-15,28H,3,12-13,16-17H2,1-2H3,(H2,27,29,30). The van der Waals surface area contributed by atoms with E-state index in [0.29, 0.717) is 31.3 Å². The highest BCUT2D eigenvalue weighted by molar-refractivity contribution is 9.10. The van der Waals surface area contributed by atoms with Crippen LogP contribution >= 0.6 is 15.9 Å². The summed E-state index contributed by atoms with van der Waals surface area (Å²) in [5, 5.41) is 8.56. The summed E-state index contributed by atoms with van der Waals surface area (Å²) in [5.74, 6) is 1.40. The van der Waals surface area contributed by atoms with Crippen LogP contribution in [0.15, 0.2) is 70.0 Å². The molecular formula is C25H29BrN2O4S. The van der Waals surface area contributed by atoms with Gasteiger partial charge in [0.1, 0.15) is 6.61 Å². The van der Waals surface area contributed by atoms with Gasteiger partial charge in [0.05, 0.1) is 16.0 Å². The highest BCUT2D eigenvalue weighted by Crippen LogP contribution is 2.37. The Bertz CT molecular complexity index is 1180. The molecule has 0 aliphatic rings. The predicted molar refractivity (Wildman–Crippen MR) is 134 cm³/mol. The molecule has 0 aromatic heterocycles. The Morgan fingerprint density at radius 1 is 1.00 bits per heavy atom. The fourth-order valence-corrected chi connectivity index (χ4v) is 4.48. The van der Waals surface area contributed by atoms with Gasteiger partial charge in [-0.2, -0.15) is 0 Å².